The molecule has 2 bridgehead atoms. The summed E-state index contributed by atoms with van der Waals surface area (Å²) in [5.74, 6) is 1.32. The van der Waals surface area contributed by atoms with E-state index in [1.165, 1.54) is 0 Å². The van der Waals surface area contributed by atoms with Gasteiger partial charge in [0.2, 0.25) is 5.28 Å². The number of carbonyl (C=O) groups excluding carboxylic acids is 1. The zero-order chi connectivity index (χ0) is 15.7. The van der Waals surface area contributed by atoms with Crippen molar-refractivity contribution in [3.05, 3.63) is 16.0 Å². The first-order chi connectivity index (χ1) is 10.6. The molecule has 1 N–H and O–H groups in total. The van der Waals surface area contributed by atoms with E-state index in [0.717, 1.165) is 30.2 Å². The lowest BCUT2D eigenvalue weighted by Crippen LogP contribution is -2.52. The number of hydrogen-bond acceptors (Lipinski definition) is 5. The standard InChI is InChI=1S/C15H19BrClN3O2/c1-2-22-14(21)11-8-3-5-9(6-4-8)12(11)19-13-10(16)7-18-15(17)20-13/h7-9,11-12H,2-6H2,1H3,(H,18,19,20)/t8?,9?,11-,12-/m1/s1. The van der Waals surface area contributed by atoms with Gasteiger partial charge in [-0.25, -0.2) is 4.98 Å². The Morgan fingerprint density at radius 1 is 1.41 bits per heavy atom. The molecule has 0 aliphatic heterocycles. The smallest absolute Gasteiger partial charge is 0.311 e. The molecular weight excluding hydrogens is 370 g/mol. The quantitative estimate of drug-likeness (QED) is 0.630. The second-order valence-electron chi connectivity index (χ2n) is 5.96. The molecule has 22 heavy (non-hydrogen) atoms. The second-order valence-corrected chi connectivity index (χ2v) is 7.15. The van der Waals surface area contributed by atoms with E-state index >= 15 is 0 Å². The van der Waals surface area contributed by atoms with Gasteiger partial charge < -0.3 is 10.1 Å². The van der Waals surface area contributed by atoms with Gasteiger partial charge in [-0.15, -0.1) is 0 Å². The van der Waals surface area contributed by atoms with Crippen molar-refractivity contribution < 1.29 is 9.53 Å². The molecule has 3 aliphatic rings. The Morgan fingerprint density at radius 3 is 2.77 bits per heavy atom. The highest BCUT2D eigenvalue weighted by atomic mass is 79.9. The van der Waals surface area contributed by atoms with Gasteiger partial charge >= 0.3 is 5.97 Å². The van der Waals surface area contributed by atoms with Crippen LogP contribution in [0.1, 0.15) is 32.6 Å². The van der Waals surface area contributed by atoms with Crippen LogP contribution in [-0.2, 0) is 9.53 Å². The molecule has 0 unspecified atom stereocenters. The molecular formula is C15H19BrClN3O2. The number of anilines is 1. The third-order valence-electron chi connectivity index (χ3n) is 4.80. The average Bonchev–Trinajstić information content (AvgIpc) is 2.52. The summed E-state index contributed by atoms with van der Waals surface area (Å²) in [6, 6.07) is 0.0498. The molecule has 3 fully saturated rings. The Kier molecular flexibility index (Phi) is 4.88. The van der Waals surface area contributed by atoms with Gasteiger partial charge in [0.1, 0.15) is 5.82 Å². The minimum absolute atomic E-state index is 0.0498. The summed E-state index contributed by atoms with van der Waals surface area (Å²) in [7, 11) is 0. The van der Waals surface area contributed by atoms with Crippen LogP contribution in [0.15, 0.2) is 10.7 Å². The Morgan fingerprint density at radius 2 is 2.09 bits per heavy atom. The first-order valence-corrected chi connectivity index (χ1v) is 8.88. The maximum absolute atomic E-state index is 12.4. The fourth-order valence-electron chi connectivity index (χ4n) is 3.84. The van der Waals surface area contributed by atoms with Crippen molar-refractivity contribution >= 4 is 39.3 Å². The number of aromatic nitrogens is 2. The Labute approximate surface area is 143 Å². The monoisotopic (exact) mass is 387 g/mol. The minimum Gasteiger partial charge on any atom is -0.466 e. The van der Waals surface area contributed by atoms with E-state index in [2.05, 4.69) is 31.2 Å². The molecule has 4 rings (SSSR count). The topological polar surface area (TPSA) is 64.1 Å². The summed E-state index contributed by atoms with van der Waals surface area (Å²) in [5, 5.41) is 3.62. The molecule has 1 aromatic heterocycles. The highest BCUT2D eigenvalue weighted by Crippen LogP contribution is 2.47. The molecule has 3 aliphatic carbocycles. The summed E-state index contributed by atoms with van der Waals surface area (Å²) in [6.07, 6.45) is 6.14. The Balaban J connectivity index is 1.85. The van der Waals surface area contributed by atoms with Crippen LogP contribution < -0.4 is 5.32 Å². The zero-order valence-corrected chi connectivity index (χ0v) is 14.7. The summed E-state index contributed by atoms with van der Waals surface area (Å²) in [5.41, 5.74) is 0. The average molecular weight is 389 g/mol. The fraction of sp³-hybridized carbons (Fsp3) is 0.667. The number of nitrogens with zero attached hydrogens (tertiary/aromatic N) is 2. The van der Waals surface area contributed by atoms with Crippen LogP contribution in [0, 0.1) is 17.8 Å². The number of esters is 1. The van der Waals surface area contributed by atoms with Crippen LogP contribution in [0.5, 0.6) is 0 Å². The number of nitrogens with one attached hydrogen (secondary N) is 1. The highest BCUT2D eigenvalue weighted by Gasteiger charge is 2.48. The first kappa shape index (κ1) is 16.0. The van der Waals surface area contributed by atoms with Crippen LogP contribution in [0.2, 0.25) is 5.28 Å². The Hall–Kier alpha value is -0.880. The van der Waals surface area contributed by atoms with Gasteiger partial charge in [0.25, 0.3) is 0 Å². The van der Waals surface area contributed by atoms with Gasteiger partial charge in [0, 0.05) is 12.2 Å². The SMILES string of the molecule is CCOC(=O)[C@@H]1C2CCC(CC2)[C@H]1Nc1nc(Cl)ncc1Br. The van der Waals surface area contributed by atoms with Crippen LogP contribution in [0.25, 0.3) is 0 Å². The van der Waals surface area contributed by atoms with Gasteiger partial charge in [-0.1, -0.05) is 0 Å². The predicted octanol–water partition coefficient (Wildman–Crippen LogP) is 3.67. The van der Waals surface area contributed by atoms with E-state index in [1.807, 2.05) is 6.92 Å². The lowest BCUT2D eigenvalue weighted by atomic mass is 9.61. The van der Waals surface area contributed by atoms with Gasteiger partial charge in [0.05, 0.1) is 17.0 Å². The van der Waals surface area contributed by atoms with Gasteiger partial charge in [0.15, 0.2) is 0 Å². The van der Waals surface area contributed by atoms with Gasteiger partial charge in [-0.2, -0.15) is 4.98 Å². The van der Waals surface area contributed by atoms with E-state index in [-0.39, 0.29) is 23.2 Å². The molecule has 0 aromatic carbocycles. The molecule has 0 radical (unpaired) electrons. The zero-order valence-electron chi connectivity index (χ0n) is 12.4. The van der Waals surface area contributed by atoms with Gasteiger partial charge in [-0.05, 0) is 72.0 Å². The number of hydrogen-bond donors (Lipinski definition) is 1. The van der Waals surface area contributed by atoms with E-state index in [1.54, 1.807) is 6.20 Å². The van der Waals surface area contributed by atoms with Crippen molar-refractivity contribution in [3.8, 4) is 0 Å². The number of halogens is 2. The summed E-state index contributed by atoms with van der Waals surface area (Å²) >= 11 is 9.32. The van der Waals surface area contributed by atoms with Crippen LogP contribution in [0.4, 0.5) is 5.82 Å². The molecule has 0 amide bonds. The largest absolute Gasteiger partial charge is 0.466 e. The molecule has 7 heteroatoms. The van der Waals surface area contributed by atoms with E-state index in [9.17, 15) is 4.79 Å². The van der Waals surface area contributed by atoms with Crippen molar-refractivity contribution in [1.82, 2.24) is 9.97 Å². The van der Waals surface area contributed by atoms with Crippen LogP contribution >= 0.6 is 27.5 Å². The summed E-state index contributed by atoms with van der Waals surface area (Å²) in [4.78, 5) is 20.6. The number of ether oxygens (including phenoxy) is 1. The number of fused-ring (bicyclic) bond motifs is 3. The molecule has 2 atom stereocenters. The third-order valence-corrected chi connectivity index (χ3v) is 5.56. The van der Waals surface area contributed by atoms with Crippen LogP contribution in [-0.4, -0.2) is 28.6 Å². The Bertz CT molecular complexity index is 564. The molecule has 1 aromatic rings. The van der Waals surface area contributed by atoms with Crippen molar-refractivity contribution in [2.45, 2.75) is 38.6 Å². The van der Waals surface area contributed by atoms with E-state index in [0.29, 0.717) is 24.3 Å². The number of rotatable bonds is 4. The maximum atomic E-state index is 12.4. The minimum atomic E-state index is -0.104. The lowest BCUT2D eigenvalue weighted by molar-refractivity contribution is -0.154. The van der Waals surface area contributed by atoms with E-state index in [4.69, 9.17) is 16.3 Å². The molecule has 0 spiro atoms. The molecule has 5 nitrogen and oxygen atoms in total. The normalized spacial score (nSPS) is 30.1. The van der Waals surface area contributed by atoms with Crippen molar-refractivity contribution in [3.63, 3.8) is 0 Å². The predicted molar refractivity (Wildman–Crippen MR) is 87.7 cm³/mol. The maximum Gasteiger partial charge on any atom is 0.311 e. The van der Waals surface area contributed by atoms with Crippen LogP contribution in [0.3, 0.4) is 0 Å². The molecule has 1 heterocycles. The molecule has 0 saturated heterocycles. The van der Waals surface area contributed by atoms with Gasteiger partial charge in [-0.3, -0.25) is 4.79 Å². The highest BCUT2D eigenvalue weighted by molar-refractivity contribution is 9.10. The molecule has 3 saturated carbocycles. The lowest BCUT2D eigenvalue weighted by Gasteiger charge is -2.47. The second kappa shape index (κ2) is 6.71. The van der Waals surface area contributed by atoms with Crippen molar-refractivity contribution in [2.75, 3.05) is 11.9 Å². The first-order valence-electron chi connectivity index (χ1n) is 7.71. The van der Waals surface area contributed by atoms with E-state index < -0.39 is 0 Å². The number of carbonyl (C=O) groups is 1. The summed E-state index contributed by atoms with van der Waals surface area (Å²) in [6.45, 7) is 2.27. The van der Waals surface area contributed by atoms with Crippen molar-refractivity contribution in [2.24, 2.45) is 17.8 Å². The third kappa shape index (κ3) is 3.08. The summed E-state index contributed by atoms with van der Waals surface area (Å²) < 4.78 is 6.06. The fourth-order valence-corrected chi connectivity index (χ4v) is 4.28. The van der Waals surface area contributed by atoms with Crippen molar-refractivity contribution in [1.29, 1.82) is 0 Å². The molecule has 120 valence electrons.